The topological polar surface area (TPSA) is 56.3 Å². The van der Waals surface area contributed by atoms with Gasteiger partial charge in [0.2, 0.25) is 0 Å². The van der Waals surface area contributed by atoms with Gasteiger partial charge < -0.3 is 4.74 Å². The molecule has 0 radical (unpaired) electrons. The van der Waals surface area contributed by atoms with E-state index in [-0.39, 0.29) is 11.8 Å². The van der Waals surface area contributed by atoms with Crippen LogP contribution in [0.1, 0.15) is 53.2 Å². The zero-order valence-electron chi connectivity index (χ0n) is 16.9. The number of hydrogen-bond acceptors (Lipinski definition) is 4. The average Bonchev–Trinajstić information content (AvgIpc) is 2.95. The van der Waals surface area contributed by atoms with E-state index in [9.17, 15) is 9.59 Å². The Kier molecular flexibility index (Phi) is 5.18. The minimum Gasteiger partial charge on any atom is -0.466 e. The summed E-state index contributed by atoms with van der Waals surface area (Å²) in [6.45, 7) is 4.27. The lowest BCUT2D eigenvalue weighted by Crippen LogP contribution is -2.35. The van der Waals surface area contributed by atoms with E-state index in [0.717, 1.165) is 27.5 Å². The molecule has 29 heavy (non-hydrogen) atoms. The smallest absolute Gasteiger partial charge is 0.305 e. The molecule has 1 heterocycles. The number of rotatable bonds is 7. The first-order valence-electron chi connectivity index (χ1n) is 10.2. The zero-order valence-corrected chi connectivity index (χ0v) is 16.9. The Morgan fingerprint density at radius 1 is 1.10 bits per heavy atom. The molecular formula is C25H25NO3. The summed E-state index contributed by atoms with van der Waals surface area (Å²) in [5.41, 5.74) is 3.46. The van der Waals surface area contributed by atoms with Crippen molar-refractivity contribution in [2.24, 2.45) is 0 Å². The number of nitrogens with zero attached hydrogens (tertiary/aromatic N) is 1. The van der Waals surface area contributed by atoms with E-state index in [1.807, 2.05) is 37.3 Å². The van der Waals surface area contributed by atoms with Crippen LogP contribution in [-0.4, -0.2) is 23.3 Å². The molecule has 1 aliphatic carbocycles. The molecule has 0 saturated carbocycles. The Balaban J connectivity index is 1.78. The molecule has 2 aromatic carbocycles. The van der Waals surface area contributed by atoms with Gasteiger partial charge in [0, 0.05) is 24.4 Å². The first-order valence-corrected chi connectivity index (χ1v) is 10.2. The normalized spacial score (nSPS) is 17.7. The number of hydrogen-bond donors (Lipinski definition) is 0. The third-order valence-corrected chi connectivity index (χ3v) is 6.00. The Morgan fingerprint density at radius 3 is 2.66 bits per heavy atom. The minimum absolute atomic E-state index is 0.157. The van der Waals surface area contributed by atoms with Crippen LogP contribution >= 0.6 is 0 Å². The van der Waals surface area contributed by atoms with Crippen LogP contribution in [0.3, 0.4) is 0 Å². The van der Waals surface area contributed by atoms with Crippen LogP contribution in [0.15, 0.2) is 54.9 Å². The molecule has 4 heteroatoms. The molecule has 0 spiro atoms. The van der Waals surface area contributed by atoms with Crippen LogP contribution in [-0.2, 0) is 21.4 Å². The first-order chi connectivity index (χ1) is 14.1. The molecular weight excluding hydrogens is 362 g/mol. The molecule has 0 fully saturated rings. The lowest BCUT2D eigenvalue weighted by atomic mass is 9.71. The quantitative estimate of drug-likeness (QED) is 0.538. The maximum atomic E-state index is 13.8. The standard InChI is InChI=1S/C25H25NO3/c1-3-29-22(27)8-5-13-25(16-18-11-14-26-15-12-18)21-7-4-6-19-17(2)9-10-20(23(19)21)24(25)28/h4,6-7,9-12,14-15H,3,5,8,13,16H2,1-2H3. The van der Waals surface area contributed by atoms with E-state index < -0.39 is 5.41 Å². The van der Waals surface area contributed by atoms with Gasteiger partial charge in [-0.15, -0.1) is 0 Å². The highest BCUT2D eigenvalue weighted by Crippen LogP contribution is 2.48. The van der Waals surface area contributed by atoms with Gasteiger partial charge in [-0.3, -0.25) is 14.6 Å². The molecule has 0 aliphatic heterocycles. The molecule has 1 aliphatic rings. The molecule has 148 valence electrons. The molecule has 0 N–H and O–H groups in total. The maximum absolute atomic E-state index is 13.8. The maximum Gasteiger partial charge on any atom is 0.305 e. The summed E-state index contributed by atoms with van der Waals surface area (Å²) in [4.78, 5) is 29.8. The van der Waals surface area contributed by atoms with E-state index in [4.69, 9.17) is 4.74 Å². The highest BCUT2D eigenvalue weighted by molar-refractivity contribution is 6.21. The van der Waals surface area contributed by atoms with E-state index in [2.05, 4.69) is 24.0 Å². The van der Waals surface area contributed by atoms with Crippen molar-refractivity contribution in [3.8, 4) is 0 Å². The summed E-state index contributed by atoms with van der Waals surface area (Å²) in [5.74, 6) is -0.0482. The predicted molar refractivity (Wildman–Crippen MR) is 113 cm³/mol. The minimum atomic E-state index is -0.663. The van der Waals surface area contributed by atoms with Crippen LogP contribution in [0, 0.1) is 6.92 Å². The van der Waals surface area contributed by atoms with Gasteiger partial charge in [0.25, 0.3) is 0 Å². The number of carbonyl (C=O) groups is 2. The summed E-state index contributed by atoms with van der Waals surface area (Å²) in [6, 6.07) is 14.1. The summed E-state index contributed by atoms with van der Waals surface area (Å²) < 4.78 is 5.09. The van der Waals surface area contributed by atoms with Gasteiger partial charge in [0.1, 0.15) is 0 Å². The van der Waals surface area contributed by atoms with E-state index in [1.54, 1.807) is 12.4 Å². The van der Waals surface area contributed by atoms with Gasteiger partial charge in [-0.2, -0.15) is 0 Å². The first kappa shape index (κ1) is 19.3. The van der Waals surface area contributed by atoms with Crippen molar-refractivity contribution in [3.63, 3.8) is 0 Å². The highest BCUT2D eigenvalue weighted by atomic mass is 16.5. The van der Waals surface area contributed by atoms with Crippen molar-refractivity contribution < 1.29 is 14.3 Å². The molecule has 0 amide bonds. The van der Waals surface area contributed by atoms with Crippen LogP contribution in [0.2, 0.25) is 0 Å². The molecule has 0 saturated heterocycles. The largest absolute Gasteiger partial charge is 0.466 e. The highest BCUT2D eigenvalue weighted by Gasteiger charge is 2.46. The van der Waals surface area contributed by atoms with Crippen LogP contribution in [0.5, 0.6) is 0 Å². The fraction of sp³-hybridized carbons (Fsp3) is 0.320. The van der Waals surface area contributed by atoms with Gasteiger partial charge in [-0.25, -0.2) is 0 Å². The molecule has 4 rings (SSSR count). The number of aromatic nitrogens is 1. The monoisotopic (exact) mass is 387 g/mol. The second-order valence-electron chi connectivity index (χ2n) is 7.76. The summed E-state index contributed by atoms with van der Waals surface area (Å²) in [7, 11) is 0. The number of aryl methyl sites for hydroxylation is 1. The van der Waals surface area contributed by atoms with Crippen molar-refractivity contribution >= 4 is 22.5 Å². The number of ketones is 1. The Bertz CT molecular complexity index is 1070. The Morgan fingerprint density at radius 2 is 1.90 bits per heavy atom. The van der Waals surface area contributed by atoms with Gasteiger partial charge in [-0.05, 0) is 72.7 Å². The Hall–Kier alpha value is -3.01. The average molecular weight is 387 g/mol. The molecule has 1 aromatic heterocycles. The third-order valence-electron chi connectivity index (χ3n) is 6.00. The van der Waals surface area contributed by atoms with Gasteiger partial charge >= 0.3 is 5.97 Å². The zero-order chi connectivity index (χ0) is 20.4. The summed E-state index contributed by atoms with van der Waals surface area (Å²) >= 11 is 0. The number of benzene rings is 2. The molecule has 1 atom stereocenters. The van der Waals surface area contributed by atoms with E-state index >= 15 is 0 Å². The summed E-state index contributed by atoms with van der Waals surface area (Å²) in [5, 5.41) is 2.21. The van der Waals surface area contributed by atoms with Crippen molar-refractivity contribution in [1.82, 2.24) is 4.98 Å². The molecule has 0 bridgehead atoms. The number of ether oxygens (including phenoxy) is 1. The van der Waals surface area contributed by atoms with E-state index in [1.165, 1.54) is 5.56 Å². The fourth-order valence-electron chi connectivity index (χ4n) is 4.65. The van der Waals surface area contributed by atoms with Crippen LogP contribution in [0.25, 0.3) is 10.8 Å². The molecule has 3 aromatic rings. The molecule has 4 nitrogen and oxygen atoms in total. The van der Waals surface area contributed by atoms with Crippen molar-refractivity contribution in [2.45, 2.75) is 44.9 Å². The van der Waals surface area contributed by atoms with Crippen molar-refractivity contribution in [3.05, 3.63) is 77.1 Å². The lowest BCUT2D eigenvalue weighted by molar-refractivity contribution is -0.143. The van der Waals surface area contributed by atoms with Crippen LogP contribution < -0.4 is 0 Å². The second kappa shape index (κ2) is 7.78. The van der Waals surface area contributed by atoms with Gasteiger partial charge in [0.15, 0.2) is 5.78 Å². The number of pyridine rings is 1. The van der Waals surface area contributed by atoms with Crippen molar-refractivity contribution in [2.75, 3.05) is 6.61 Å². The van der Waals surface area contributed by atoms with Crippen LogP contribution in [0.4, 0.5) is 0 Å². The number of carbonyl (C=O) groups excluding carboxylic acids is 2. The number of Topliss-reactive ketones (excluding diaryl/α,β-unsaturated/α-hetero) is 1. The van der Waals surface area contributed by atoms with E-state index in [0.29, 0.717) is 32.3 Å². The van der Waals surface area contributed by atoms with Crippen molar-refractivity contribution in [1.29, 1.82) is 0 Å². The second-order valence-corrected chi connectivity index (χ2v) is 7.76. The Labute approximate surface area is 170 Å². The van der Waals surface area contributed by atoms with Gasteiger partial charge in [0.05, 0.1) is 12.0 Å². The number of esters is 1. The SMILES string of the molecule is CCOC(=O)CCCC1(Cc2ccncc2)C(=O)c2ccc(C)c3cccc1c23. The third kappa shape index (κ3) is 3.33. The summed E-state index contributed by atoms with van der Waals surface area (Å²) in [6.07, 6.45) is 5.67. The lowest BCUT2D eigenvalue weighted by Gasteiger charge is -2.29. The molecule has 1 unspecified atom stereocenters. The fourth-order valence-corrected chi connectivity index (χ4v) is 4.65. The van der Waals surface area contributed by atoms with Gasteiger partial charge in [-0.1, -0.05) is 30.3 Å². The predicted octanol–water partition coefficient (Wildman–Crippen LogP) is 4.95.